The number of alkyl carbamates (subject to hydrolysis) is 1. The summed E-state index contributed by atoms with van der Waals surface area (Å²) in [5.41, 5.74) is -0.951. The van der Waals surface area contributed by atoms with E-state index in [2.05, 4.69) is 26.3 Å². The SMILES string of the molecule is CCCCOC(=O)NC(CNC(=O)c1cn(CCc2ccccc2)c2c(F)c(CNC3N=CCCN3)c(F)cc2c1=O)C(=O)O. The van der Waals surface area contributed by atoms with Gasteiger partial charge < -0.3 is 25.0 Å². The Morgan fingerprint density at radius 1 is 1.22 bits per heavy atom. The highest BCUT2D eigenvalue weighted by Crippen LogP contribution is 2.24. The minimum absolute atomic E-state index is 0.0942. The van der Waals surface area contributed by atoms with Gasteiger partial charge in [-0.1, -0.05) is 43.7 Å². The number of nitrogens with one attached hydrogen (secondary N) is 4. The number of fused-ring (bicyclic) bond motifs is 1. The van der Waals surface area contributed by atoms with Gasteiger partial charge in [0.15, 0.2) is 12.1 Å². The van der Waals surface area contributed by atoms with Crippen LogP contribution in [0.4, 0.5) is 13.6 Å². The number of carboxylic acids is 1. The maximum absolute atomic E-state index is 16.0. The van der Waals surface area contributed by atoms with Crippen LogP contribution in [0.5, 0.6) is 0 Å². The van der Waals surface area contributed by atoms with E-state index in [4.69, 9.17) is 4.74 Å². The number of carbonyl (C=O) groups excluding carboxylic acids is 2. The number of aliphatic carboxylic acids is 1. The molecule has 1 aromatic heterocycles. The van der Waals surface area contributed by atoms with Crippen LogP contribution in [0, 0.1) is 11.6 Å². The molecule has 2 atom stereocenters. The Bertz CT molecular complexity index is 1610. The van der Waals surface area contributed by atoms with E-state index in [1.807, 2.05) is 37.3 Å². The predicted octanol–water partition coefficient (Wildman–Crippen LogP) is 2.67. The van der Waals surface area contributed by atoms with Gasteiger partial charge in [-0.2, -0.15) is 0 Å². The van der Waals surface area contributed by atoms with Crippen molar-refractivity contribution in [3.05, 3.63) is 81.1 Å². The molecule has 2 unspecified atom stereocenters. The number of benzene rings is 2. The van der Waals surface area contributed by atoms with E-state index in [-0.39, 0.29) is 36.2 Å². The number of hydrogen-bond acceptors (Lipinski definition) is 8. The number of rotatable bonds is 14. The average Bonchev–Trinajstić information content (AvgIpc) is 3.03. The van der Waals surface area contributed by atoms with Crippen LogP contribution >= 0.6 is 0 Å². The van der Waals surface area contributed by atoms with Crippen LogP contribution in [-0.2, 0) is 29.0 Å². The average molecular weight is 627 g/mol. The minimum atomic E-state index is -1.56. The summed E-state index contributed by atoms with van der Waals surface area (Å²) in [6.07, 6.45) is 3.88. The molecule has 0 radical (unpaired) electrons. The van der Waals surface area contributed by atoms with Gasteiger partial charge in [0.25, 0.3) is 5.91 Å². The summed E-state index contributed by atoms with van der Waals surface area (Å²) >= 11 is 0. The fourth-order valence-electron chi connectivity index (χ4n) is 4.74. The second kappa shape index (κ2) is 15.9. The molecule has 0 fully saturated rings. The zero-order valence-electron chi connectivity index (χ0n) is 24.8. The maximum atomic E-state index is 16.0. The number of carbonyl (C=O) groups is 3. The number of aryl methyl sites for hydroxylation is 2. The smallest absolute Gasteiger partial charge is 0.407 e. The van der Waals surface area contributed by atoms with Crippen molar-refractivity contribution in [3.63, 3.8) is 0 Å². The van der Waals surface area contributed by atoms with Crippen molar-refractivity contribution in [2.45, 2.75) is 58.0 Å². The standard InChI is InChI=1S/C31H36F2N6O6/c1-2-3-14-45-31(44)38-24(29(42)43)17-36-28(41)22-18-39(13-10-19-8-5-4-6-9-19)26-20(27(22)40)15-23(32)21(25(26)33)16-37-30-34-11-7-12-35-30/h4-6,8-9,11,15,18,24,30,35,37H,2-3,7,10,12-14,16-17H2,1H3,(H,36,41)(H,38,44)(H,42,43). The first-order chi connectivity index (χ1) is 21.7. The molecular formula is C31H36F2N6O6. The molecule has 2 amide bonds. The minimum Gasteiger partial charge on any atom is -0.480 e. The second-order valence-corrected chi connectivity index (χ2v) is 10.4. The van der Waals surface area contributed by atoms with Gasteiger partial charge in [-0.15, -0.1) is 0 Å². The van der Waals surface area contributed by atoms with Crippen molar-refractivity contribution >= 4 is 35.1 Å². The molecule has 0 aliphatic carbocycles. The van der Waals surface area contributed by atoms with Gasteiger partial charge in [0.2, 0.25) is 5.43 Å². The summed E-state index contributed by atoms with van der Waals surface area (Å²) in [5, 5.41) is 19.7. The van der Waals surface area contributed by atoms with E-state index in [1.54, 1.807) is 6.21 Å². The first-order valence-electron chi connectivity index (χ1n) is 14.7. The van der Waals surface area contributed by atoms with E-state index in [0.717, 1.165) is 24.5 Å². The fraction of sp³-hybridized carbons (Fsp3) is 0.387. The van der Waals surface area contributed by atoms with E-state index < -0.39 is 59.5 Å². The highest BCUT2D eigenvalue weighted by atomic mass is 19.1. The molecule has 5 N–H and O–H groups in total. The van der Waals surface area contributed by atoms with Crippen LogP contribution in [0.25, 0.3) is 10.9 Å². The molecular weight excluding hydrogens is 590 g/mol. The molecule has 0 saturated heterocycles. The molecule has 2 aromatic carbocycles. The van der Waals surface area contributed by atoms with Crippen molar-refractivity contribution in [1.82, 2.24) is 25.8 Å². The molecule has 2 heterocycles. The highest BCUT2D eigenvalue weighted by molar-refractivity contribution is 5.98. The zero-order chi connectivity index (χ0) is 32.3. The number of amides is 2. The monoisotopic (exact) mass is 626 g/mol. The van der Waals surface area contributed by atoms with Crippen molar-refractivity contribution < 1.29 is 33.0 Å². The third-order valence-corrected chi connectivity index (χ3v) is 7.20. The van der Waals surface area contributed by atoms with Crippen molar-refractivity contribution in [2.75, 3.05) is 19.7 Å². The van der Waals surface area contributed by atoms with Gasteiger partial charge in [0.1, 0.15) is 17.4 Å². The van der Waals surface area contributed by atoms with Crippen LogP contribution in [0.15, 0.2) is 52.4 Å². The Hall–Kier alpha value is -4.69. The zero-order valence-corrected chi connectivity index (χ0v) is 24.8. The molecule has 12 nitrogen and oxygen atoms in total. The van der Waals surface area contributed by atoms with E-state index in [9.17, 15) is 24.3 Å². The van der Waals surface area contributed by atoms with Gasteiger partial charge in [-0.3, -0.25) is 25.2 Å². The summed E-state index contributed by atoms with van der Waals surface area (Å²) in [6, 6.07) is 8.60. The molecule has 1 aliphatic heterocycles. The van der Waals surface area contributed by atoms with Crippen LogP contribution < -0.4 is 26.7 Å². The number of hydrogen-bond donors (Lipinski definition) is 5. The lowest BCUT2D eigenvalue weighted by molar-refractivity contribution is -0.139. The lowest BCUT2D eigenvalue weighted by Crippen LogP contribution is -2.49. The summed E-state index contributed by atoms with van der Waals surface area (Å²) < 4.78 is 37.6. The van der Waals surface area contributed by atoms with Gasteiger partial charge in [0.05, 0.1) is 17.5 Å². The van der Waals surface area contributed by atoms with Crippen molar-refractivity contribution in [1.29, 1.82) is 0 Å². The van der Waals surface area contributed by atoms with Crippen LogP contribution in [-0.4, -0.2) is 65.9 Å². The molecule has 4 rings (SSSR count). The number of aliphatic imine (C=N–C) groups is 1. The van der Waals surface area contributed by atoms with Gasteiger partial charge >= 0.3 is 12.1 Å². The Morgan fingerprint density at radius 2 is 2.00 bits per heavy atom. The summed E-state index contributed by atoms with van der Waals surface area (Å²) in [6.45, 7) is 1.97. The normalized spacial score (nSPS) is 15.0. The largest absolute Gasteiger partial charge is 0.480 e. The third-order valence-electron chi connectivity index (χ3n) is 7.20. The first-order valence-corrected chi connectivity index (χ1v) is 14.7. The van der Waals surface area contributed by atoms with E-state index >= 15 is 8.78 Å². The summed E-state index contributed by atoms with van der Waals surface area (Å²) in [7, 11) is 0. The number of unbranched alkanes of at least 4 members (excludes halogenated alkanes) is 1. The van der Waals surface area contributed by atoms with Crippen molar-refractivity contribution in [3.8, 4) is 0 Å². The molecule has 3 aromatic rings. The second-order valence-electron chi connectivity index (χ2n) is 10.4. The maximum Gasteiger partial charge on any atom is 0.407 e. The molecule has 240 valence electrons. The van der Waals surface area contributed by atoms with Gasteiger partial charge in [0, 0.05) is 44.2 Å². The summed E-state index contributed by atoms with van der Waals surface area (Å²) in [4.78, 5) is 54.5. The highest BCUT2D eigenvalue weighted by Gasteiger charge is 2.25. The van der Waals surface area contributed by atoms with Crippen LogP contribution in [0.1, 0.15) is 47.7 Å². The van der Waals surface area contributed by atoms with Gasteiger partial charge in [-0.25, -0.2) is 18.4 Å². The summed E-state index contributed by atoms with van der Waals surface area (Å²) in [5.74, 6) is -4.35. The van der Waals surface area contributed by atoms with Crippen molar-refractivity contribution in [2.24, 2.45) is 4.99 Å². The Morgan fingerprint density at radius 3 is 2.69 bits per heavy atom. The number of ether oxygens (including phenoxy) is 1. The molecule has 14 heteroatoms. The Balaban J connectivity index is 1.64. The van der Waals surface area contributed by atoms with Crippen LogP contribution in [0.3, 0.4) is 0 Å². The first kappa shape index (κ1) is 33.2. The number of pyridine rings is 1. The van der Waals surface area contributed by atoms with Crippen LogP contribution in [0.2, 0.25) is 0 Å². The third kappa shape index (κ3) is 8.70. The number of halogens is 2. The van der Waals surface area contributed by atoms with Gasteiger partial charge in [-0.05, 0) is 30.9 Å². The van der Waals surface area contributed by atoms with E-state index in [1.165, 1.54) is 10.8 Å². The lowest BCUT2D eigenvalue weighted by atomic mass is 10.0. The number of aromatic nitrogens is 1. The lowest BCUT2D eigenvalue weighted by Gasteiger charge is -2.20. The predicted molar refractivity (Wildman–Crippen MR) is 163 cm³/mol. The molecule has 0 saturated carbocycles. The molecule has 45 heavy (non-hydrogen) atoms. The Labute approximate surface area is 257 Å². The number of nitrogens with zero attached hydrogens (tertiary/aromatic N) is 2. The topological polar surface area (TPSA) is 163 Å². The molecule has 0 bridgehead atoms. The fourth-order valence-corrected chi connectivity index (χ4v) is 4.74. The molecule has 1 aliphatic rings. The number of carboxylic acid groups (broad SMARTS) is 1. The Kier molecular flexibility index (Phi) is 11.7. The quantitative estimate of drug-likeness (QED) is 0.171. The van der Waals surface area contributed by atoms with E-state index in [0.29, 0.717) is 19.4 Å². The molecule has 0 spiro atoms.